The van der Waals surface area contributed by atoms with Gasteiger partial charge in [0.05, 0.1) is 0 Å². The van der Waals surface area contributed by atoms with Crippen molar-refractivity contribution in [1.82, 2.24) is 10.2 Å². The van der Waals surface area contributed by atoms with Gasteiger partial charge in [-0.25, -0.2) is 0 Å². The van der Waals surface area contributed by atoms with E-state index in [1.807, 2.05) is 63.2 Å². The van der Waals surface area contributed by atoms with Crippen LogP contribution >= 0.6 is 15.9 Å². The standard InChI is InChI=1S/C23H29BrN2O3/c1-17(22(28)25-23(2,3)4)26(15-14-18-8-6-5-7-9-18)21(27)16-29-20-12-10-19(24)11-13-20/h5-13,17H,14-16H2,1-4H3,(H,25,28)/t17-/m0/s1. The molecule has 0 aliphatic carbocycles. The third-order valence-corrected chi connectivity index (χ3v) is 4.85. The van der Waals surface area contributed by atoms with Gasteiger partial charge in [0.1, 0.15) is 11.8 Å². The molecule has 0 saturated heterocycles. The monoisotopic (exact) mass is 460 g/mol. The number of nitrogens with one attached hydrogen (secondary N) is 1. The smallest absolute Gasteiger partial charge is 0.261 e. The van der Waals surface area contributed by atoms with Gasteiger partial charge in [-0.1, -0.05) is 46.3 Å². The lowest BCUT2D eigenvalue weighted by molar-refractivity contribution is -0.142. The van der Waals surface area contributed by atoms with Crippen LogP contribution in [0.2, 0.25) is 0 Å². The number of hydrogen-bond donors (Lipinski definition) is 1. The Hall–Kier alpha value is -2.34. The van der Waals surface area contributed by atoms with Crippen LogP contribution in [0.25, 0.3) is 0 Å². The van der Waals surface area contributed by atoms with Gasteiger partial charge in [0.25, 0.3) is 5.91 Å². The highest BCUT2D eigenvalue weighted by atomic mass is 79.9. The van der Waals surface area contributed by atoms with E-state index in [1.54, 1.807) is 24.0 Å². The molecule has 0 aliphatic rings. The maximum atomic E-state index is 12.9. The van der Waals surface area contributed by atoms with Gasteiger partial charge in [-0.15, -0.1) is 0 Å². The van der Waals surface area contributed by atoms with Crippen molar-refractivity contribution in [1.29, 1.82) is 0 Å². The molecule has 0 spiro atoms. The van der Waals surface area contributed by atoms with E-state index in [1.165, 1.54) is 0 Å². The Bertz CT molecular complexity index is 801. The molecule has 6 heteroatoms. The summed E-state index contributed by atoms with van der Waals surface area (Å²) in [7, 11) is 0. The molecule has 29 heavy (non-hydrogen) atoms. The van der Waals surface area contributed by atoms with Crippen LogP contribution in [0.15, 0.2) is 59.1 Å². The Labute approximate surface area is 181 Å². The molecule has 156 valence electrons. The highest BCUT2D eigenvalue weighted by Gasteiger charge is 2.28. The molecule has 5 nitrogen and oxygen atoms in total. The summed E-state index contributed by atoms with van der Waals surface area (Å²) in [5.74, 6) is 0.208. The summed E-state index contributed by atoms with van der Waals surface area (Å²) in [5, 5.41) is 2.95. The van der Waals surface area contributed by atoms with Gasteiger partial charge >= 0.3 is 0 Å². The third-order valence-electron chi connectivity index (χ3n) is 4.33. The fraction of sp³-hybridized carbons (Fsp3) is 0.391. The van der Waals surface area contributed by atoms with Crippen LogP contribution in [-0.4, -0.2) is 41.4 Å². The Morgan fingerprint density at radius 2 is 1.69 bits per heavy atom. The van der Waals surface area contributed by atoms with Crippen molar-refractivity contribution >= 4 is 27.7 Å². The van der Waals surface area contributed by atoms with E-state index in [0.29, 0.717) is 18.7 Å². The lowest BCUT2D eigenvalue weighted by Crippen LogP contribution is -2.53. The Kier molecular flexibility index (Phi) is 8.26. The summed E-state index contributed by atoms with van der Waals surface area (Å²) < 4.78 is 6.58. The van der Waals surface area contributed by atoms with Gasteiger partial charge < -0.3 is 15.0 Å². The first-order valence-corrected chi connectivity index (χ1v) is 10.5. The molecule has 0 aromatic heterocycles. The molecule has 0 unspecified atom stereocenters. The second kappa shape index (κ2) is 10.4. The zero-order chi connectivity index (χ0) is 21.4. The molecule has 2 aromatic rings. The van der Waals surface area contributed by atoms with E-state index in [4.69, 9.17) is 4.74 Å². The number of ether oxygens (including phenoxy) is 1. The van der Waals surface area contributed by atoms with Crippen molar-refractivity contribution in [2.75, 3.05) is 13.2 Å². The maximum absolute atomic E-state index is 12.9. The average Bonchev–Trinajstić information content (AvgIpc) is 2.67. The molecule has 0 bridgehead atoms. The minimum Gasteiger partial charge on any atom is -0.484 e. The van der Waals surface area contributed by atoms with Crippen LogP contribution in [0.1, 0.15) is 33.3 Å². The van der Waals surface area contributed by atoms with Crippen LogP contribution in [0.4, 0.5) is 0 Å². The summed E-state index contributed by atoms with van der Waals surface area (Å²) in [5.41, 5.74) is 0.746. The molecule has 2 rings (SSSR count). The van der Waals surface area contributed by atoms with Crippen molar-refractivity contribution in [2.45, 2.75) is 45.7 Å². The van der Waals surface area contributed by atoms with Crippen molar-refractivity contribution in [3.05, 3.63) is 64.6 Å². The molecule has 0 aliphatic heterocycles. The minimum atomic E-state index is -0.598. The fourth-order valence-electron chi connectivity index (χ4n) is 2.80. The quantitative estimate of drug-likeness (QED) is 0.641. The third kappa shape index (κ3) is 7.89. The van der Waals surface area contributed by atoms with Gasteiger partial charge in [0, 0.05) is 16.6 Å². The normalized spacial score (nSPS) is 12.2. The number of carbonyl (C=O) groups is 2. The van der Waals surface area contributed by atoms with Crippen LogP contribution in [-0.2, 0) is 16.0 Å². The molecular weight excluding hydrogens is 432 g/mol. The number of rotatable bonds is 8. The lowest BCUT2D eigenvalue weighted by Gasteiger charge is -2.31. The molecule has 0 radical (unpaired) electrons. The Morgan fingerprint density at radius 3 is 2.28 bits per heavy atom. The summed E-state index contributed by atoms with van der Waals surface area (Å²) in [6.45, 7) is 7.83. The zero-order valence-corrected chi connectivity index (χ0v) is 19.0. The van der Waals surface area contributed by atoms with E-state index < -0.39 is 6.04 Å². The predicted octanol–water partition coefficient (Wildman–Crippen LogP) is 4.20. The maximum Gasteiger partial charge on any atom is 0.261 e. The van der Waals surface area contributed by atoms with Gasteiger partial charge in [0.15, 0.2) is 6.61 Å². The first-order chi connectivity index (χ1) is 13.7. The highest BCUT2D eigenvalue weighted by Crippen LogP contribution is 2.16. The summed E-state index contributed by atoms with van der Waals surface area (Å²) in [4.78, 5) is 27.2. The van der Waals surface area contributed by atoms with Crippen molar-refractivity contribution in [3.8, 4) is 5.75 Å². The largest absolute Gasteiger partial charge is 0.484 e. The fourth-order valence-corrected chi connectivity index (χ4v) is 3.07. The highest BCUT2D eigenvalue weighted by molar-refractivity contribution is 9.10. The molecule has 0 saturated carbocycles. The summed E-state index contributed by atoms with van der Waals surface area (Å²) in [6, 6.07) is 16.6. The predicted molar refractivity (Wildman–Crippen MR) is 119 cm³/mol. The molecule has 0 heterocycles. The number of nitrogens with zero attached hydrogens (tertiary/aromatic N) is 1. The van der Waals surface area contributed by atoms with Gasteiger partial charge in [-0.3, -0.25) is 9.59 Å². The summed E-state index contributed by atoms with van der Waals surface area (Å²) >= 11 is 3.38. The summed E-state index contributed by atoms with van der Waals surface area (Å²) in [6.07, 6.45) is 0.665. The zero-order valence-electron chi connectivity index (χ0n) is 17.4. The van der Waals surface area contributed by atoms with Gasteiger partial charge in [-0.2, -0.15) is 0 Å². The van der Waals surface area contributed by atoms with E-state index in [-0.39, 0.29) is 24.0 Å². The van der Waals surface area contributed by atoms with E-state index in [0.717, 1.165) is 10.0 Å². The number of amides is 2. The van der Waals surface area contributed by atoms with Gasteiger partial charge in [-0.05, 0) is 63.9 Å². The molecule has 2 amide bonds. The Morgan fingerprint density at radius 1 is 1.07 bits per heavy atom. The first kappa shape index (κ1) is 22.9. The second-order valence-corrected chi connectivity index (χ2v) is 8.90. The van der Waals surface area contributed by atoms with Crippen LogP contribution in [0.3, 0.4) is 0 Å². The van der Waals surface area contributed by atoms with E-state index in [9.17, 15) is 9.59 Å². The second-order valence-electron chi connectivity index (χ2n) is 7.98. The van der Waals surface area contributed by atoms with Gasteiger partial charge in [0.2, 0.25) is 5.91 Å². The molecule has 0 fully saturated rings. The molecule has 1 N–H and O–H groups in total. The SMILES string of the molecule is C[C@@H](C(=O)NC(C)(C)C)N(CCc1ccccc1)C(=O)COc1ccc(Br)cc1. The van der Waals surface area contributed by atoms with Crippen molar-refractivity contribution < 1.29 is 14.3 Å². The number of halogens is 1. The topological polar surface area (TPSA) is 58.6 Å². The van der Waals surface area contributed by atoms with E-state index >= 15 is 0 Å². The average molecular weight is 461 g/mol. The first-order valence-electron chi connectivity index (χ1n) is 9.69. The lowest BCUT2D eigenvalue weighted by atomic mass is 10.1. The molecule has 2 aromatic carbocycles. The van der Waals surface area contributed by atoms with Crippen LogP contribution in [0, 0.1) is 0 Å². The van der Waals surface area contributed by atoms with Crippen molar-refractivity contribution in [2.24, 2.45) is 0 Å². The number of benzene rings is 2. The number of carbonyl (C=O) groups excluding carboxylic acids is 2. The Balaban J connectivity index is 2.07. The van der Waals surface area contributed by atoms with Crippen LogP contribution in [0.5, 0.6) is 5.75 Å². The minimum absolute atomic E-state index is 0.121. The molecule has 1 atom stereocenters. The van der Waals surface area contributed by atoms with E-state index in [2.05, 4.69) is 21.2 Å². The molecular formula is C23H29BrN2O3. The van der Waals surface area contributed by atoms with Crippen molar-refractivity contribution in [3.63, 3.8) is 0 Å². The number of hydrogen-bond acceptors (Lipinski definition) is 3. The van der Waals surface area contributed by atoms with Crippen LogP contribution < -0.4 is 10.1 Å².